The molecule has 0 atom stereocenters. The Bertz CT molecular complexity index is 720. The van der Waals surface area contributed by atoms with Crippen LogP contribution >= 0.6 is 23.4 Å². The second kappa shape index (κ2) is 7.73. The second-order valence-electron chi connectivity index (χ2n) is 5.34. The number of alkyl carbamates (subject to hydrolysis) is 1. The van der Waals surface area contributed by atoms with Crippen LogP contribution in [0.15, 0.2) is 48.5 Å². The van der Waals surface area contributed by atoms with Gasteiger partial charge in [-0.05, 0) is 33.9 Å². The molecule has 1 N–H and O–H groups in total. The van der Waals surface area contributed by atoms with Crippen molar-refractivity contribution in [2.75, 3.05) is 18.9 Å². The summed E-state index contributed by atoms with van der Waals surface area (Å²) in [4.78, 5) is 22.4. The third-order valence-corrected chi connectivity index (χ3v) is 4.89. The Morgan fingerprint density at radius 3 is 2.21 bits per heavy atom. The van der Waals surface area contributed by atoms with Gasteiger partial charge in [-0.1, -0.05) is 60.3 Å². The fourth-order valence-electron chi connectivity index (χ4n) is 2.93. The summed E-state index contributed by atoms with van der Waals surface area (Å²) in [6.07, 6.45) is -0.487. The standard InChI is InChI=1S/C18H16ClNO3S/c19-17(21)24-10-9-20-18(22)23-11-16-14-7-3-1-5-12(14)13-6-2-4-8-15(13)16/h1-8,16H,9-11H2,(H,20,22). The van der Waals surface area contributed by atoms with Crippen molar-refractivity contribution in [1.29, 1.82) is 0 Å². The first-order valence-electron chi connectivity index (χ1n) is 7.58. The van der Waals surface area contributed by atoms with Crippen LogP contribution in [0, 0.1) is 0 Å². The number of carbonyl (C=O) groups is 2. The van der Waals surface area contributed by atoms with Crippen molar-refractivity contribution in [3.63, 3.8) is 0 Å². The summed E-state index contributed by atoms with van der Waals surface area (Å²) >= 11 is 6.17. The molecule has 24 heavy (non-hydrogen) atoms. The summed E-state index contributed by atoms with van der Waals surface area (Å²) in [6, 6.07) is 16.4. The summed E-state index contributed by atoms with van der Waals surface area (Å²) in [5.74, 6) is 0.467. The number of hydrogen-bond acceptors (Lipinski definition) is 4. The van der Waals surface area contributed by atoms with E-state index in [1.165, 1.54) is 22.3 Å². The Hall–Kier alpha value is -1.98. The fourth-order valence-corrected chi connectivity index (χ4v) is 3.53. The molecule has 2 aromatic carbocycles. The van der Waals surface area contributed by atoms with E-state index in [4.69, 9.17) is 16.3 Å². The van der Waals surface area contributed by atoms with Crippen LogP contribution in [0.25, 0.3) is 11.1 Å². The highest BCUT2D eigenvalue weighted by molar-refractivity contribution is 8.16. The van der Waals surface area contributed by atoms with Crippen LogP contribution < -0.4 is 5.32 Å². The molecule has 3 rings (SSSR count). The maximum absolute atomic E-state index is 11.8. The van der Waals surface area contributed by atoms with Gasteiger partial charge in [-0.25, -0.2) is 4.79 Å². The highest BCUT2D eigenvalue weighted by Crippen LogP contribution is 2.44. The van der Waals surface area contributed by atoms with Crippen molar-refractivity contribution in [3.05, 3.63) is 59.7 Å². The number of nitrogens with one attached hydrogen (secondary N) is 1. The highest BCUT2D eigenvalue weighted by Gasteiger charge is 2.28. The molecule has 1 amide bonds. The number of thioether (sulfide) groups is 1. The first kappa shape index (κ1) is 16.9. The minimum absolute atomic E-state index is 0.0435. The lowest BCUT2D eigenvalue weighted by atomic mass is 9.98. The molecule has 1 aliphatic carbocycles. The summed E-state index contributed by atoms with van der Waals surface area (Å²) < 4.78 is 4.89. The molecule has 0 bridgehead atoms. The van der Waals surface area contributed by atoms with E-state index in [0.717, 1.165) is 11.8 Å². The number of rotatable bonds is 5. The number of hydrogen-bond donors (Lipinski definition) is 1. The lowest BCUT2D eigenvalue weighted by molar-refractivity contribution is 0.143. The van der Waals surface area contributed by atoms with E-state index in [1.54, 1.807) is 0 Å². The molecule has 0 fully saturated rings. The Balaban J connectivity index is 1.61. The summed E-state index contributed by atoms with van der Waals surface area (Å²) in [5.41, 5.74) is 4.74. The average molecular weight is 362 g/mol. The summed E-state index contributed by atoms with van der Waals surface area (Å²) in [5, 5.41) is 2.62. The van der Waals surface area contributed by atoms with E-state index < -0.39 is 10.7 Å². The van der Waals surface area contributed by atoms with E-state index in [9.17, 15) is 9.59 Å². The highest BCUT2D eigenvalue weighted by atomic mass is 35.5. The van der Waals surface area contributed by atoms with E-state index in [0.29, 0.717) is 12.3 Å². The smallest absolute Gasteiger partial charge is 0.407 e. The SMILES string of the molecule is O=C(NCCSC(=O)Cl)OCC1c2ccccc2-c2ccccc21. The Morgan fingerprint density at radius 2 is 1.62 bits per heavy atom. The first-order chi connectivity index (χ1) is 11.7. The molecule has 0 aromatic heterocycles. The van der Waals surface area contributed by atoms with Gasteiger partial charge in [-0.15, -0.1) is 0 Å². The van der Waals surface area contributed by atoms with Crippen molar-refractivity contribution >= 4 is 34.0 Å². The van der Waals surface area contributed by atoms with Gasteiger partial charge in [0, 0.05) is 18.2 Å². The van der Waals surface area contributed by atoms with Crippen LogP contribution in [0.2, 0.25) is 0 Å². The molecule has 0 radical (unpaired) electrons. The lowest BCUT2D eigenvalue weighted by Crippen LogP contribution is -2.28. The third kappa shape index (κ3) is 3.74. The van der Waals surface area contributed by atoms with Crippen LogP contribution in [0.1, 0.15) is 17.0 Å². The molecule has 124 valence electrons. The Morgan fingerprint density at radius 1 is 1.04 bits per heavy atom. The van der Waals surface area contributed by atoms with Gasteiger partial charge in [0.25, 0.3) is 4.57 Å². The zero-order valence-electron chi connectivity index (χ0n) is 12.8. The second-order valence-corrected chi connectivity index (χ2v) is 6.97. The van der Waals surface area contributed by atoms with Gasteiger partial charge in [0.2, 0.25) is 0 Å². The molecule has 2 aromatic rings. The average Bonchev–Trinajstić information content (AvgIpc) is 2.91. The minimum atomic E-state index is -0.487. The summed E-state index contributed by atoms with van der Waals surface area (Å²) in [7, 11) is 0. The van der Waals surface area contributed by atoms with Crippen molar-refractivity contribution in [3.8, 4) is 11.1 Å². The van der Waals surface area contributed by atoms with Gasteiger partial charge in [0.15, 0.2) is 0 Å². The van der Waals surface area contributed by atoms with Gasteiger partial charge in [0.05, 0.1) is 0 Å². The van der Waals surface area contributed by atoms with Gasteiger partial charge in [-0.2, -0.15) is 0 Å². The van der Waals surface area contributed by atoms with Crippen molar-refractivity contribution < 1.29 is 14.3 Å². The number of halogens is 1. The quantitative estimate of drug-likeness (QED) is 0.623. The number of benzene rings is 2. The fraction of sp³-hybridized carbons (Fsp3) is 0.222. The van der Waals surface area contributed by atoms with Gasteiger partial charge >= 0.3 is 6.09 Å². The molecule has 0 aliphatic heterocycles. The molecule has 6 heteroatoms. The molecule has 0 saturated carbocycles. The predicted octanol–water partition coefficient (Wildman–Crippen LogP) is 4.62. The molecule has 1 aliphatic rings. The largest absolute Gasteiger partial charge is 0.449 e. The minimum Gasteiger partial charge on any atom is -0.449 e. The molecule has 0 spiro atoms. The van der Waals surface area contributed by atoms with Gasteiger partial charge in [-0.3, -0.25) is 4.79 Å². The van der Waals surface area contributed by atoms with Crippen LogP contribution in [0.5, 0.6) is 0 Å². The Kier molecular flexibility index (Phi) is 5.43. The van der Waals surface area contributed by atoms with E-state index in [1.807, 2.05) is 24.3 Å². The van der Waals surface area contributed by atoms with Crippen molar-refractivity contribution in [2.45, 2.75) is 5.92 Å². The van der Waals surface area contributed by atoms with Crippen LogP contribution in [-0.4, -0.2) is 29.6 Å². The monoisotopic (exact) mass is 361 g/mol. The van der Waals surface area contributed by atoms with Crippen LogP contribution in [0.4, 0.5) is 9.59 Å². The van der Waals surface area contributed by atoms with Crippen molar-refractivity contribution in [2.24, 2.45) is 0 Å². The molecule has 0 heterocycles. The number of amides is 1. The lowest BCUT2D eigenvalue weighted by Gasteiger charge is -2.14. The maximum Gasteiger partial charge on any atom is 0.407 e. The first-order valence-corrected chi connectivity index (χ1v) is 8.94. The van der Waals surface area contributed by atoms with E-state index >= 15 is 0 Å². The van der Waals surface area contributed by atoms with Crippen molar-refractivity contribution in [1.82, 2.24) is 5.32 Å². The predicted molar refractivity (Wildman–Crippen MR) is 96.8 cm³/mol. The molecule has 0 saturated heterocycles. The van der Waals surface area contributed by atoms with Gasteiger partial charge in [0.1, 0.15) is 6.61 Å². The maximum atomic E-state index is 11.8. The van der Waals surface area contributed by atoms with Crippen LogP contribution in [-0.2, 0) is 4.74 Å². The molecular weight excluding hydrogens is 346 g/mol. The molecular formula is C18H16ClNO3S. The topological polar surface area (TPSA) is 55.4 Å². The molecule has 0 unspecified atom stereocenters. The zero-order valence-corrected chi connectivity index (χ0v) is 14.4. The van der Waals surface area contributed by atoms with Gasteiger partial charge < -0.3 is 10.1 Å². The van der Waals surface area contributed by atoms with E-state index in [-0.39, 0.29) is 12.5 Å². The van der Waals surface area contributed by atoms with Crippen LogP contribution in [0.3, 0.4) is 0 Å². The number of fused-ring (bicyclic) bond motifs is 3. The summed E-state index contributed by atoms with van der Waals surface area (Å²) in [6.45, 7) is 0.612. The van der Waals surface area contributed by atoms with E-state index in [2.05, 4.69) is 29.6 Å². The Labute approximate surface area is 149 Å². The zero-order chi connectivity index (χ0) is 16.9. The third-order valence-electron chi connectivity index (χ3n) is 3.93. The normalized spacial score (nSPS) is 12.4. The molecule has 4 nitrogen and oxygen atoms in total. The number of ether oxygens (including phenoxy) is 1. The number of carbonyl (C=O) groups excluding carboxylic acids is 2.